The van der Waals surface area contributed by atoms with Gasteiger partial charge in [-0.2, -0.15) is 0 Å². The van der Waals surface area contributed by atoms with Crippen molar-refractivity contribution < 1.29 is 14.3 Å². The van der Waals surface area contributed by atoms with E-state index in [0.717, 1.165) is 30.8 Å². The van der Waals surface area contributed by atoms with Crippen molar-refractivity contribution in [2.24, 2.45) is 11.7 Å². The Labute approximate surface area is 137 Å². The third-order valence-corrected chi connectivity index (χ3v) is 4.31. The van der Waals surface area contributed by atoms with Crippen LogP contribution in [0.5, 0.6) is 11.5 Å². The molecule has 1 amide bonds. The molecule has 3 unspecified atom stereocenters. The third-order valence-electron chi connectivity index (χ3n) is 4.31. The topological polar surface area (TPSA) is 64.8 Å². The Morgan fingerprint density at radius 2 is 2.05 bits per heavy atom. The number of halogens is 1. The summed E-state index contributed by atoms with van der Waals surface area (Å²) in [5.41, 5.74) is 6.01. The maximum Gasteiger partial charge on any atom is 0.227 e. The molecule has 1 saturated carbocycles. The Balaban J connectivity index is 0.00000176. The summed E-state index contributed by atoms with van der Waals surface area (Å²) in [4.78, 5) is 14.2. The summed E-state index contributed by atoms with van der Waals surface area (Å²) in [5, 5.41) is 0. The lowest BCUT2D eigenvalue weighted by Crippen LogP contribution is -2.46. The van der Waals surface area contributed by atoms with E-state index >= 15 is 0 Å². The molecule has 2 aliphatic rings. The van der Waals surface area contributed by atoms with E-state index in [2.05, 4.69) is 0 Å². The first-order valence-corrected chi connectivity index (χ1v) is 7.54. The standard InChI is InChI=1S/C16H22N2O3.ClH/c1-18(16(19)12-5-4-6-13(12)17)9-11-10-20-14-7-2-3-8-15(14)21-11;/h2-3,7-8,11-13H,4-6,9-10,17H2,1H3;1H. The maximum atomic E-state index is 12.4. The molecule has 1 heterocycles. The van der Waals surface area contributed by atoms with Gasteiger partial charge in [0, 0.05) is 13.1 Å². The molecule has 0 saturated heterocycles. The van der Waals surface area contributed by atoms with Gasteiger partial charge in [0.1, 0.15) is 6.61 Å². The van der Waals surface area contributed by atoms with Crippen molar-refractivity contribution in [1.82, 2.24) is 4.90 Å². The number of benzene rings is 1. The molecule has 0 aromatic heterocycles. The van der Waals surface area contributed by atoms with E-state index in [-0.39, 0.29) is 36.4 Å². The minimum absolute atomic E-state index is 0. The molecule has 3 rings (SSSR count). The molecule has 0 bridgehead atoms. The highest BCUT2D eigenvalue weighted by Gasteiger charge is 2.33. The predicted octanol–water partition coefficient (Wildman–Crippen LogP) is 1.83. The zero-order chi connectivity index (χ0) is 14.8. The lowest BCUT2D eigenvalue weighted by atomic mass is 10.0. The molecule has 1 fully saturated rings. The van der Waals surface area contributed by atoms with Gasteiger partial charge in [-0.3, -0.25) is 4.79 Å². The third kappa shape index (κ3) is 3.47. The van der Waals surface area contributed by atoms with Gasteiger partial charge in [-0.1, -0.05) is 18.6 Å². The Bertz CT molecular complexity index is 526. The Hall–Kier alpha value is -1.46. The van der Waals surface area contributed by atoms with E-state index in [0.29, 0.717) is 13.2 Å². The summed E-state index contributed by atoms with van der Waals surface area (Å²) in [5.74, 6) is 1.60. The van der Waals surface area contributed by atoms with Crippen molar-refractivity contribution in [2.45, 2.75) is 31.4 Å². The van der Waals surface area contributed by atoms with Gasteiger partial charge in [-0.05, 0) is 25.0 Å². The number of rotatable bonds is 3. The lowest BCUT2D eigenvalue weighted by Gasteiger charge is -2.31. The molecule has 1 aliphatic carbocycles. The number of carbonyl (C=O) groups is 1. The van der Waals surface area contributed by atoms with Gasteiger partial charge in [0.25, 0.3) is 0 Å². The Morgan fingerprint density at radius 3 is 2.73 bits per heavy atom. The van der Waals surface area contributed by atoms with Gasteiger partial charge in [-0.25, -0.2) is 0 Å². The Kier molecular flexibility index (Phi) is 5.53. The highest BCUT2D eigenvalue weighted by atomic mass is 35.5. The minimum Gasteiger partial charge on any atom is -0.486 e. The fourth-order valence-corrected chi connectivity index (χ4v) is 3.13. The molecule has 0 radical (unpaired) electrons. The summed E-state index contributed by atoms with van der Waals surface area (Å²) in [6, 6.07) is 7.61. The highest BCUT2D eigenvalue weighted by molar-refractivity contribution is 5.85. The second-order valence-electron chi connectivity index (χ2n) is 5.92. The van der Waals surface area contributed by atoms with Gasteiger partial charge >= 0.3 is 0 Å². The van der Waals surface area contributed by atoms with E-state index in [1.165, 1.54) is 0 Å². The number of ether oxygens (including phenoxy) is 2. The summed E-state index contributed by atoms with van der Waals surface area (Å²) in [6.45, 7) is 0.988. The van der Waals surface area contributed by atoms with Crippen molar-refractivity contribution in [2.75, 3.05) is 20.2 Å². The number of fused-ring (bicyclic) bond motifs is 1. The SMILES string of the molecule is CN(CC1COc2ccccc2O1)C(=O)C1CCCC1N.Cl. The van der Waals surface area contributed by atoms with Crippen LogP contribution in [-0.2, 0) is 4.79 Å². The molecule has 0 spiro atoms. The molecule has 122 valence electrons. The zero-order valence-electron chi connectivity index (χ0n) is 12.7. The lowest BCUT2D eigenvalue weighted by molar-refractivity contribution is -0.135. The van der Waals surface area contributed by atoms with Crippen LogP contribution < -0.4 is 15.2 Å². The maximum absolute atomic E-state index is 12.4. The first-order valence-electron chi connectivity index (χ1n) is 7.54. The quantitative estimate of drug-likeness (QED) is 0.920. The van der Waals surface area contributed by atoms with Gasteiger partial charge in [0.15, 0.2) is 17.6 Å². The highest BCUT2D eigenvalue weighted by Crippen LogP contribution is 2.31. The van der Waals surface area contributed by atoms with Crippen molar-refractivity contribution in [1.29, 1.82) is 0 Å². The van der Waals surface area contributed by atoms with E-state index in [1.54, 1.807) is 4.90 Å². The molecule has 1 aromatic rings. The predicted molar refractivity (Wildman–Crippen MR) is 86.6 cm³/mol. The monoisotopic (exact) mass is 326 g/mol. The number of hydrogen-bond acceptors (Lipinski definition) is 4. The molecule has 1 aliphatic heterocycles. The van der Waals surface area contributed by atoms with Crippen LogP contribution in [0.4, 0.5) is 0 Å². The smallest absolute Gasteiger partial charge is 0.227 e. The second kappa shape index (κ2) is 7.20. The van der Waals surface area contributed by atoms with Gasteiger partial charge in [0.2, 0.25) is 5.91 Å². The number of para-hydroxylation sites is 2. The fourth-order valence-electron chi connectivity index (χ4n) is 3.13. The normalized spacial score (nSPS) is 26.2. The van der Waals surface area contributed by atoms with Crippen molar-refractivity contribution in [3.63, 3.8) is 0 Å². The van der Waals surface area contributed by atoms with Crippen LogP contribution >= 0.6 is 12.4 Å². The van der Waals surface area contributed by atoms with E-state index in [1.807, 2.05) is 31.3 Å². The van der Waals surface area contributed by atoms with Crippen molar-refractivity contribution >= 4 is 18.3 Å². The number of nitrogens with two attached hydrogens (primary N) is 1. The van der Waals surface area contributed by atoms with Gasteiger partial charge in [-0.15, -0.1) is 12.4 Å². The second-order valence-corrected chi connectivity index (χ2v) is 5.92. The first-order chi connectivity index (χ1) is 10.1. The van der Waals surface area contributed by atoms with E-state index < -0.39 is 0 Å². The molecular weight excluding hydrogens is 304 g/mol. The average molecular weight is 327 g/mol. The minimum atomic E-state index is -0.133. The van der Waals surface area contributed by atoms with Gasteiger partial charge < -0.3 is 20.1 Å². The van der Waals surface area contributed by atoms with Crippen LogP contribution in [0.1, 0.15) is 19.3 Å². The van der Waals surface area contributed by atoms with Crippen LogP contribution in [0, 0.1) is 5.92 Å². The fraction of sp³-hybridized carbons (Fsp3) is 0.562. The van der Waals surface area contributed by atoms with Crippen LogP contribution in [0.15, 0.2) is 24.3 Å². The summed E-state index contributed by atoms with van der Waals surface area (Å²) in [7, 11) is 1.82. The van der Waals surface area contributed by atoms with Crippen molar-refractivity contribution in [3.05, 3.63) is 24.3 Å². The summed E-state index contributed by atoms with van der Waals surface area (Å²) in [6.07, 6.45) is 2.75. The van der Waals surface area contributed by atoms with E-state index in [9.17, 15) is 4.79 Å². The number of carbonyl (C=O) groups excluding carboxylic acids is 1. The zero-order valence-corrected chi connectivity index (χ0v) is 13.6. The average Bonchev–Trinajstić information content (AvgIpc) is 2.92. The van der Waals surface area contributed by atoms with Crippen molar-refractivity contribution in [3.8, 4) is 11.5 Å². The molecule has 6 heteroatoms. The number of nitrogens with zero attached hydrogens (tertiary/aromatic N) is 1. The number of hydrogen-bond donors (Lipinski definition) is 1. The van der Waals surface area contributed by atoms with Crippen LogP contribution in [0.2, 0.25) is 0 Å². The molecule has 22 heavy (non-hydrogen) atoms. The number of amides is 1. The molecule has 1 aromatic carbocycles. The Morgan fingerprint density at radius 1 is 1.32 bits per heavy atom. The largest absolute Gasteiger partial charge is 0.486 e. The van der Waals surface area contributed by atoms with Crippen LogP contribution in [-0.4, -0.2) is 43.2 Å². The summed E-state index contributed by atoms with van der Waals surface area (Å²) < 4.78 is 11.6. The van der Waals surface area contributed by atoms with Crippen LogP contribution in [0.3, 0.4) is 0 Å². The molecule has 5 nitrogen and oxygen atoms in total. The molecular formula is C16H23ClN2O3. The van der Waals surface area contributed by atoms with E-state index in [4.69, 9.17) is 15.2 Å². The van der Waals surface area contributed by atoms with Gasteiger partial charge in [0.05, 0.1) is 12.5 Å². The number of likely N-dealkylation sites (N-methyl/N-ethyl adjacent to an activating group) is 1. The summed E-state index contributed by atoms with van der Waals surface area (Å²) >= 11 is 0. The van der Waals surface area contributed by atoms with Crippen LogP contribution in [0.25, 0.3) is 0 Å². The molecule has 3 atom stereocenters. The molecule has 2 N–H and O–H groups in total. The first kappa shape index (κ1) is 16.9.